The molecule has 0 aliphatic carbocycles. The number of aromatic nitrogens is 2. The molecular formula is C60H42N2Si. The molecule has 0 saturated heterocycles. The van der Waals surface area contributed by atoms with E-state index in [9.17, 15) is 0 Å². The number of nitrogens with zero attached hydrogens (tertiary/aromatic N) is 2. The maximum atomic E-state index is 2.56. The molecular weight excluding hydrogens is 777 g/mol. The third kappa shape index (κ3) is 5.85. The Labute approximate surface area is 368 Å². The van der Waals surface area contributed by atoms with Crippen molar-refractivity contribution in [2.75, 3.05) is 0 Å². The van der Waals surface area contributed by atoms with Crippen molar-refractivity contribution >= 4 is 72.4 Å². The standard InChI is InChI=1S/C60H42N2Si/c1-6-20-43(21-7-1)44-36-38-46(39-37-44)61-56-34-17-16-30-52(56)53-33-19-35-58(60(53)61)62-57-41-40-50(42-55(57)54-32-18-31-51(59(54)62)45-22-8-2-9-23-45)63(47-24-10-3-11-25-47,48-26-12-4-13-27-48)49-28-14-5-15-29-49/h1-42H. The smallest absolute Gasteiger partial charge is 0.179 e. The van der Waals surface area contributed by atoms with Gasteiger partial charge in [-0.25, -0.2) is 0 Å². The summed E-state index contributed by atoms with van der Waals surface area (Å²) in [5.74, 6) is 0. The summed E-state index contributed by atoms with van der Waals surface area (Å²) >= 11 is 0. The van der Waals surface area contributed by atoms with Gasteiger partial charge in [0.05, 0.1) is 27.8 Å². The van der Waals surface area contributed by atoms with Gasteiger partial charge in [-0.15, -0.1) is 0 Å². The highest BCUT2D eigenvalue weighted by Gasteiger charge is 2.41. The molecule has 0 N–H and O–H groups in total. The molecule has 2 nitrogen and oxygen atoms in total. The van der Waals surface area contributed by atoms with E-state index in [0.29, 0.717) is 0 Å². The largest absolute Gasteiger partial charge is 0.307 e. The van der Waals surface area contributed by atoms with Gasteiger partial charge >= 0.3 is 0 Å². The second-order valence-corrected chi connectivity index (χ2v) is 20.2. The second kappa shape index (κ2) is 15.2. The Hall–Kier alpha value is -7.98. The molecule has 0 spiro atoms. The van der Waals surface area contributed by atoms with Crippen LogP contribution in [0.4, 0.5) is 0 Å². The molecule has 0 aliphatic rings. The first-order valence-corrected chi connectivity index (χ1v) is 23.8. The highest BCUT2D eigenvalue weighted by Crippen LogP contribution is 2.42. The SMILES string of the molecule is c1ccc(-c2ccc(-n3c4ccccc4c4cccc(-n5c6ccc([Si](c7ccccc7)(c7ccccc7)c7ccccc7)cc6c6cccc(-c7ccccc7)c65)c43)cc2)cc1. The Bertz CT molecular complexity index is 3480. The summed E-state index contributed by atoms with van der Waals surface area (Å²) in [5.41, 5.74) is 11.8. The monoisotopic (exact) mass is 818 g/mol. The molecule has 0 fully saturated rings. The predicted octanol–water partition coefficient (Wildman–Crippen LogP) is 12.6. The van der Waals surface area contributed by atoms with E-state index in [-0.39, 0.29) is 0 Å². The van der Waals surface area contributed by atoms with Crippen LogP contribution >= 0.6 is 0 Å². The molecule has 3 heteroatoms. The van der Waals surface area contributed by atoms with Crippen LogP contribution in [-0.4, -0.2) is 17.2 Å². The fourth-order valence-corrected chi connectivity index (χ4v) is 15.1. The lowest BCUT2D eigenvalue weighted by Gasteiger charge is -2.34. The van der Waals surface area contributed by atoms with Crippen molar-refractivity contribution in [1.29, 1.82) is 0 Å². The van der Waals surface area contributed by atoms with Crippen LogP contribution in [0.1, 0.15) is 0 Å². The predicted molar refractivity (Wildman–Crippen MR) is 270 cm³/mol. The van der Waals surface area contributed by atoms with Gasteiger partial charge in [0, 0.05) is 32.8 Å². The van der Waals surface area contributed by atoms with Crippen LogP contribution in [0.5, 0.6) is 0 Å². The Kier molecular flexibility index (Phi) is 8.87. The zero-order chi connectivity index (χ0) is 41.7. The summed E-state index contributed by atoms with van der Waals surface area (Å²) in [6, 6.07) is 94.3. The van der Waals surface area contributed by atoms with Crippen molar-refractivity contribution in [3.8, 4) is 33.6 Å². The van der Waals surface area contributed by atoms with Gasteiger partial charge in [0.1, 0.15) is 0 Å². The molecule has 0 radical (unpaired) electrons. The van der Waals surface area contributed by atoms with Gasteiger partial charge < -0.3 is 9.13 Å². The minimum atomic E-state index is -2.81. The molecule has 296 valence electrons. The molecule has 0 atom stereocenters. The quantitative estimate of drug-likeness (QED) is 0.107. The third-order valence-corrected chi connectivity index (χ3v) is 17.8. The zero-order valence-corrected chi connectivity index (χ0v) is 35.6. The van der Waals surface area contributed by atoms with Crippen molar-refractivity contribution in [1.82, 2.24) is 9.13 Å². The van der Waals surface area contributed by atoms with Crippen LogP contribution in [-0.2, 0) is 0 Å². The highest BCUT2D eigenvalue weighted by molar-refractivity contribution is 7.20. The first-order chi connectivity index (χ1) is 31.3. The van der Waals surface area contributed by atoms with Crippen molar-refractivity contribution < 1.29 is 0 Å². The average Bonchev–Trinajstić information content (AvgIpc) is 3.89. The van der Waals surface area contributed by atoms with Crippen LogP contribution in [0.3, 0.4) is 0 Å². The Morgan fingerprint density at radius 1 is 0.270 bits per heavy atom. The molecule has 0 saturated carbocycles. The van der Waals surface area contributed by atoms with Crippen LogP contribution in [0.25, 0.3) is 77.2 Å². The highest BCUT2D eigenvalue weighted by atomic mass is 28.3. The zero-order valence-electron chi connectivity index (χ0n) is 34.6. The van der Waals surface area contributed by atoms with Gasteiger partial charge in [-0.05, 0) is 67.8 Å². The molecule has 12 rings (SSSR count). The van der Waals surface area contributed by atoms with E-state index in [1.165, 1.54) is 86.6 Å². The molecule has 0 aliphatic heterocycles. The van der Waals surface area contributed by atoms with E-state index in [1.807, 2.05) is 0 Å². The number of fused-ring (bicyclic) bond motifs is 6. The van der Waals surface area contributed by atoms with E-state index < -0.39 is 8.07 Å². The third-order valence-electron chi connectivity index (χ3n) is 13.1. The maximum Gasteiger partial charge on any atom is 0.179 e. The van der Waals surface area contributed by atoms with E-state index in [1.54, 1.807) is 0 Å². The lowest BCUT2D eigenvalue weighted by Crippen LogP contribution is -2.74. The Morgan fingerprint density at radius 3 is 1.37 bits per heavy atom. The van der Waals surface area contributed by atoms with E-state index >= 15 is 0 Å². The minimum Gasteiger partial charge on any atom is -0.307 e. The van der Waals surface area contributed by atoms with E-state index in [2.05, 4.69) is 264 Å². The fraction of sp³-hybridized carbons (Fsp3) is 0. The molecule has 2 heterocycles. The van der Waals surface area contributed by atoms with Gasteiger partial charge in [0.15, 0.2) is 8.07 Å². The van der Waals surface area contributed by atoms with Crippen LogP contribution in [0.15, 0.2) is 255 Å². The van der Waals surface area contributed by atoms with Gasteiger partial charge in [-0.3, -0.25) is 0 Å². The lowest BCUT2D eigenvalue weighted by molar-refractivity contribution is 1.13. The van der Waals surface area contributed by atoms with Crippen molar-refractivity contribution in [2.45, 2.75) is 0 Å². The molecule has 12 aromatic rings. The molecule has 0 bridgehead atoms. The van der Waals surface area contributed by atoms with E-state index in [4.69, 9.17) is 0 Å². The fourth-order valence-electron chi connectivity index (χ4n) is 10.4. The van der Waals surface area contributed by atoms with Crippen LogP contribution < -0.4 is 20.7 Å². The van der Waals surface area contributed by atoms with Gasteiger partial charge in [0.2, 0.25) is 0 Å². The van der Waals surface area contributed by atoms with Crippen LogP contribution in [0.2, 0.25) is 0 Å². The number of benzene rings is 10. The van der Waals surface area contributed by atoms with E-state index in [0.717, 1.165) is 11.4 Å². The molecule has 63 heavy (non-hydrogen) atoms. The van der Waals surface area contributed by atoms with Gasteiger partial charge in [-0.2, -0.15) is 0 Å². The van der Waals surface area contributed by atoms with Crippen LogP contribution in [0, 0.1) is 0 Å². The molecule has 10 aromatic carbocycles. The summed E-state index contributed by atoms with van der Waals surface area (Å²) in [6.07, 6.45) is 0. The van der Waals surface area contributed by atoms with Crippen molar-refractivity contribution in [3.63, 3.8) is 0 Å². The number of para-hydroxylation sites is 3. The van der Waals surface area contributed by atoms with Gasteiger partial charge in [0.25, 0.3) is 0 Å². The summed E-state index contributed by atoms with van der Waals surface area (Å²) in [7, 11) is -2.81. The first-order valence-electron chi connectivity index (χ1n) is 21.8. The summed E-state index contributed by atoms with van der Waals surface area (Å²) in [4.78, 5) is 0. The summed E-state index contributed by atoms with van der Waals surface area (Å²) < 4.78 is 5.04. The van der Waals surface area contributed by atoms with Crippen molar-refractivity contribution in [3.05, 3.63) is 255 Å². The number of rotatable bonds is 8. The average molecular weight is 819 g/mol. The normalized spacial score (nSPS) is 11.8. The van der Waals surface area contributed by atoms with Gasteiger partial charge in [-0.1, -0.05) is 224 Å². The van der Waals surface area contributed by atoms with Crippen molar-refractivity contribution in [2.24, 2.45) is 0 Å². The first kappa shape index (κ1) is 36.8. The summed E-state index contributed by atoms with van der Waals surface area (Å²) in [5, 5.41) is 10.4. The topological polar surface area (TPSA) is 9.86 Å². The Morgan fingerprint density at radius 2 is 0.746 bits per heavy atom. The number of hydrogen-bond acceptors (Lipinski definition) is 0. The molecule has 0 amide bonds. The minimum absolute atomic E-state index is 1.13. The number of hydrogen-bond donors (Lipinski definition) is 0. The molecule has 2 aromatic heterocycles. The molecule has 0 unspecified atom stereocenters. The maximum absolute atomic E-state index is 2.81. The summed E-state index contributed by atoms with van der Waals surface area (Å²) in [6.45, 7) is 0. The Balaban J connectivity index is 1.19. The second-order valence-electron chi connectivity index (χ2n) is 16.4. The lowest BCUT2D eigenvalue weighted by atomic mass is 10.0.